The van der Waals surface area contributed by atoms with E-state index in [1.165, 1.54) is 6.42 Å². The van der Waals surface area contributed by atoms with Crippen LogP contribution in [0.4, 0.5) is 0 Å². The minimum absolute atomic E-state index is 0.192. The summed E-state index contributed by atoms with van der Waals surface area (Å²) >= 11 is 0. The first kappa shape index (κ1) is 11.0. The fourth-order valence-corrected chi connectivity index (χ4v) is 2.01. The van der Waals surface area contributed by atoms with Gasteiger partial charge in [0.15, 0.2) is 0 Å². The van der Waals surface area contributed by atoms with Gasteiger partial charge in [0.2, 0.25) is 5.91 Å². The number of rotatable bonds is 2. The Labute approximate surface area is 95.7 Å². The van der Waals surface area contributed by atoms with Gasteiger partial charge in [0.25, 0.3) is 0 Å². The Morgan fingerprint density at radius 2 is 2.12 bits per heavy atom. The second-order valence-electron chi connectivity index (χ2n) is 4.21. The molecule has 4 heteroatoms. The van der Waals surface area contributed by atoms with E-state index in [1.807, 2.05) is 17.9 Å². The molecule has 1 aromatic rings. The van der Waals surface area contributed by atoms with Gasteiger partial charge in [-0.25, -0.2) is 9.97 Å². The van der Waals surface area contributed by atoms with Crippen molar-refractivity contribution in [3.05, 3.63) is 23.8 Å². The van der Waals surface area contributed by atoms with Crippen molar-refractivity contribution in [2.75, 3.05) is 13.1 Å². The maximum atomic E-state index is 11.9. The van der Waals surface area contributed by atoms with E-state index in [-0.39, 0.29) is 5.91 Å². The standard InChI is InChI=1S/C12H17N3O/c1-10-13-6-5-11(14-10)9-12(16)15-7-3-2-4-8-15/h5-6H,2-4,7-9H2,1H3. The molecule has 4 nitrogen and oxygen atoms in total. The van der Waals surface area contributed by atoms with Crippen LogP contribution in [0.1, 0.15) is 30.8 Å². The predicted octanol–water partition coefficient (Wildman–Crippen LogP) is 1.34. The smallest absolute Gasteiger partial charge is 0.228 e. The summed E-state index contributed by atoms with van der Waals surface area (Å²) < 4.78 is 0. The van der Waals surface area contributed by atoms with E-state index in [4.69, 9.17) is 0 Å². The third-order valence-electron chi connectivity index (χ3n) is 2.87. The highest BCUT2D eigenvalue weighted by atomic mass is 16.2. The Balaban J connectivity index is 1.96. The first-order valence-electron chi connectivity index (χ1n) is 5.82. The molecular weight excluding hydrogens is 202 g/mol. The van der Waals surface area contributed by atoms with E-state index < -0.39 is 0 Å². The highest BCUT2D eigenvalue weighted by molar-refractivity contribution is 5.78. The number of carbonyl (C=O) groups excluding carboxylic acids is 1. The minimum Gasteiger partial charge on any atom is -0.342 e. The first-order chi connectivity index (χ1) is 7.75. The summed E-state index contributed by atoms with van der Waals surface area (Å²) in [5, 5.41) is 0. The zero-order valence-corrected chi connectivity index (χ0v) is 9.65. The van der Waals surface area contributed by atoms with Crippen LogP contribution in [0.5, 0.6) is 0 Å². The molecule has 0 radical (unpaired) electrons. The molecule has 1 fully saturated rings. The van der Waals surface area contributed by atoms with E-state index >= 15 is 0 Å². The van der Waals surface area contributed by atoms with Crippen molar-refractivity contribution in [3.63, 3.8) is 0 Å². The van der Waals surface area contributed by atoms with Crippen molar-refractivity contribution < 1.29 is 4.79 Å². The van der Waals surface area contributed by atoms with Gasteiger partial charge in [-0.05, 0) is 32.3 Å². The van der Waals surface area contributed by atoms with E-state index in [2.05, 4.69) is 9.97 Å². The highest BCUT2D eigenvalue weighted by Gasteiger charge is 2.16. The zero-order chi connectivity index (χ0) is 11.4. The lowest BCUT2D eigenvalue weighted by Gasteiger charge is -2.26. The third-order valence-corrected chi connectivity index (χ3v) is 2.87. The monoisotopic (exact) mass is 219 g/mol. The number of likely N-dealkylation sites (tertiary alicyclic amines) is 1. The fraction of sp³-hybridized carbons (Fsp3) is 0.583. The van der Waals surface area contributed by atoms with Crippen molar-refractivity contribution in [2.45, 2.75) is 32.6 Å². The second-order valence-corrected chi connectivity index (χ2v) is 4.21. The Kier molecular flexibility index (Phi) is 3.49. The average Bonchev–Trinajstić information content (AvgIpc) is 2.30. The van der Waals surface area contributed by atoms with Crippen LogP contribution in [0.2, 0.25) is 0 Å². The number of carbonyl (C=O) groups is 1. The second kappa shape index (κ2) is 5.05. The zero-order valence-electron chi connectivity index (χ0n) is 9.65. The Hall–Kier alpha value is -1.45. The highest BCUT2D eigenvalue weighted by Crippen LogP contribution is 2.10. The lowest BCUT2D eigenvalue weighted by Crippen LogP contribution is -2.36. The first-order valence-corrected chi connectivity index (χ1v) is 5.82. The minimum atomic E-state index is 0.192. The number of piperidine rings is 1. The van der Waals surface area contributed by atoms with Gasteiger partial charge < -0.3 is 4.90 Å². The molecule has 1 aliphatic rings. The molecule has 86 valence electrons. The molecule has 0 N–H and O–H groups in total. The maximum Gasteiger partial charge on any atom is 0.228 e. The molecule has 1 aliphatic heterocycles. The van der Waals surface area contributed by atoms with Crippen LogP contribution in [0, 0.1) is 6.92 Å². The SMILES string of the molecule is Cc1nccc(CC(=O)N2CCCCC2)n1. The Bertz CT molecular complexity index is 372. The van der Waals surface area contributed by atoms with E-state index in [0.29, 0.717) is 6.42 Å². The van der Waals surface area contributed by atoms with Gasteiger partial charge in [0.1, 0.15) is 5.82 Å². The molecular formula is C12H17N3O. The molecule has 16 heavy (non-hydrogen) atoms. The number of hydrogen-bond donors (Lipinski definition) is 0. The van der Waals surface area contributed by atoms with Crippen LogP contribution in [0.25, 0.3) is 0 Å². The van der Waals surface area contributed by atoms with Crippen molar-refractivity contribution in [3.8, 4) is 0 Å². The lowest BCUT2D eigenvalue weighted by atomic mass is 10.1. The molecule has 2 heterocycles. The molecule has 0 aromatic carbocycles. The molecule has 0 spiro atoms. The topological polar surface area (TPSA) is 46.1 Å². The Morgan fingerprint density at radius 3 is 2.81 bits per heavy atom. The number of amides is 1. The van der Waals surface area contributed by atoms with Gasteiger partial charge in [-0.15, -0.1) is 0 Å². The molecule has 0 atom stereocenters. The number of nitrogens with zero attached hydrogens (tertiary/aromatic N) is 3. The Morgan fingerprint density at radius 1 is 1.38 bits per heavy atom. The van der Waals surface area contributed by atoms with Crippen LogP contribution in [-0.2, 0) is 11.2 Å². The van der Waals surface area contributed by atoms with Crippen LogP contribution < -0.4 is 0 Å². The summed E-state index contributed by atoms with van der Waals surface area (Å²) in [7, 11) is 0. The van der Waals surface area contributed by atoms with Crippen LogP contribution in [0.3, 0.4) is 0 Å². The number of aryl methyl sites for hydroxylation is 1. The van der Waals surface area contributed by atoms with Gasteiger partial charge in [-0.1, -0.05) is 0 Å². The van der Waals surface area contributed by atoms with E-state index in [1.54, 1.807) is 6.20 Å². The third kappa shape index (κ3) is 2.78. The summed E-state index contributed by atoms with van der Waals surface area (Å²) in [5.74, 6) is 0.918. The summed E-state index contributed by atoms with van der Waals surface area (Å²) in [6.07, 6.45) is 5.63. The number of hydrogen-bond acceptors (Lipinski definition) is 3. The van der Waals surface area contributed by atoms with Crippen LogP contribution in [0.15, 0.2) is 12.3 Å². The molecule has 0 saturated carbocycles. The molecule has 0 aliphatic carbocycles. The predicted molar refractivity (Wildman–Crippen MR) is 60.9 cm³/mol. The van der Waals surface area contributed by atoms with Crippen molar-refractivity contribution in [1.29, 1.82) is 0 Å². The molecule has 2 rings (SSSR count). The van der Waals surface area contributed by atoms with Gasteiger partial charge in [-0.2, -0.15) is 0 Å². The van der Waals surface area contributed by atoms with Gasteiger partial charge >= 0.3 is 0 Å². The van der Waals surface area contributed by atoms with E-state index in [9.17, 15) is 4.79 Å². The van der Waals surface area contributed by atoms with Crippen molar-refractivity contribution >= 4 is 5.91 Å². The van der Waals surface area contributed by atoms with Gasteiger partial charge in [0, 0.05) is 19.3 Å². The summed E-state index contributed by atoms with van der Waals surface area (Å²) in [4.78, 5) is 22.2. The average molecular weight is 219 g/mol. The van der Waals surface area contributed by atoms with Gasteiger partial charge in [-0.3, -0.25) is 4.79 Å². The number of aromatic nitrogens is 2. The molecule has 0 unspecified atom stereocenters. The van der Waals surface area contributed by atoms with E-state index in [0.717, 1.165) is 37.4 Å². The quantitative estimate of drug-likeness (QED) is 0.754. The molecule has 1 saturated heterocycles. The van der Waals surface area contributed by atoms with Crippen LogP contribution in [-0.4, -0.2) is 33.9 Å². The van der Waals surface area contributed by atoms with Gasteiger partial charge in [0.05, 0.1) is 12.1 Å². The summed E-state index contributed by atoms with van der Waals surface area (Å²) in [6.45, 7) is 3.65. The lowest BCUT2D eigenvalue weighted by molar-refractivity contribution is -0.131. The van der Waals surface area contributed by atoms with Crippen molar-refractivity contribution in [1.82, 2.24) is 14.9 Å². The van der Waals surface area contributed by atoms with Crippen molar-refractivity contribution in [2.24, 2.45) is 0 Å². The fourth-order valence-electron chi connectivity index (χ4n) is 2.01. The normalized spacial score (nSPS) is 16.2. The summed E-state index contributed by atoms with van der Waals surface area (Å²) in [6, 6.07) is 1.81. The summed E-state index contributed by atoms with van der Waals surface area (Å²) in [5.41, 5.74) is 0.822. The van der Waals surface area contributed by atoms with Crippen LogP contribution >= 0.6 is 0 Å². The largest absolute Gasteiger partial charge is 0.342 e. The maximum absolute atomic E-state index is 11.9. The molecule has 1 amide bonds. The molecule has 1 aromatic heterocycles. The molecule has 0 bridgehead atoms.